The Hall–Kier alpha value is -4.07. The quantitative estimate of drug-likeness (QED) is 0.133. The second-order valence-corrected chi connectivity index (χ2v) is 18.1. The van der Waals surface area contributed by atoms with Gasteiger partial charge >= 0.3 is 0 Å². The second-order valence-electron chi connectivity index (χ2n) is 17.2. The van der Waals surface area contributed by atoms with E-state index in [1.54, 1.807) is 20.9 Å². The summed E-state index contributed by atoms with van der Waals surface area (Å²) in [6.45, 7) is 11.3. The van der Waals surface area contributed by atoms with Gasteiger partial charge in [-0.25, -0.2) is 18.4 Å². The molecular weight excluding hydrogens is 733 g/mol. The first kappa shape index (κ1) is 40.1. The van der Waals surface area contributed by atoms with Gasteiger partial charge in [-0.2, -0.15) is 0 Å². The van der Waals surface area contributed by atoms with Gasteiger partial charge in [0.1, 0.15) is 12.1 Å². The standard InChI is InChI=1S/C43H55F2N7O3S/c1-30-37(56-29-47-30)34-15-12-32(13-16-34)23-46-39(53)36-11-8-20-51(36)40(54)38(41(2,3)4)52-24-35(48-49-52)17-14-31-18-21-50(22-19-31)27-42(26-43(42,44)45)28-55-25-33-9-6-5-7-10-33/h5-7,9-10,12-13,15-16,24,29,31,36,38H,8,11,14,17-23,25-28H2,1-4H3,(H,46,53)/t36-,38+,42+/m0/s1. The van der Waals surface area contributed by atoms with Crippen LogP contribution in [-0.4, -0.2) is 86.3 Å². The Labute approximate surface area is 333 Å². The van der Waals surface area contributed by atoms with Crippen LogP contribution in [0.25, 0.3) is 10.4 Å². The van der Waals surface area contributed by atoms with Gasteiger partial charge in [-0.1, -0.05) is 80.6 Å². The minimum Gasteiger partial charge on any atom is -0.376 e. The normalized spacial score (nSPS) is 22.0. The average molecular weight is 788 g/mol. The molecule has 0 bridgehead atoms. The number of aromatic nitrogens is 4. The zero-order valence-electron chi connectivity index (χ0n) is 33.1. The average Bonchev–Trinajstić information content (AvgIpc) is 3.76. The molecule has 10 nitrogen and oxygen atoms in total. The van der Waals surface area contributed by atoms with Crippen LogP contribution < -0.4 is 5.32 Å². The summed E-state index contributed by atoms with van der Waals surface area (Å²) in [6.07, 6.45) is 6.69. The number of hydrogen-bond acceptors (Lipinski definition) is 8. The summed E-state index contributed by atoms with van der Waals surface area (Å²) in [6, 6.07) is 16.7. The van der Waals surface area contributed by atoms with E-state index in [9.17, 15) is 18.4 Å². The van der Waals surface area contributed by atoms with E-state index in [1.165, 1.54) is 0 Å². The number of carbonyl (C=O) groups is 2. The molecule has 300 valence electrons. The largest absolute Gasteiger partial charge is 0.376 e. The Bertz CT molecular complexity index is 1940. The predicted octanol–water partition coefficient (Wildman–Crippen LogP) is 7.49. The molecule has 2 saturated heterocycles. The van der Waals surface area contributed by atoms with E-state index >= 15 is 0 Å². The first-order valence-corrected chi connectivity index (χ1v) is 20.9. The molecule has 0 unspecified atom stereocenters. The smallest absolute Gasteiger partial charge is 0.258 e. The fourth-order valence-corrected chi connectivity index (χ4v) is 9.27. The third-order valence-corrected chi connectivity index (χ3v) is 12.9. The van der Waals surface area contributed by atoms with E-state index < -0.39 is 28.8 Å². The maximum Gasteiger partial charge on any atom is 0.258 e. The molecule has 3 atom stereocenters. The Morgan fingerprint density at radius 2 is 1.75 bits per heavy atom. The molecule has 0 radical (unpaired) electrons. The number of ether oxygens (including phenoxy) is 1. The molecule has 1 aliphatic carbocycles. The van der Waals surface area contributed by atoms with Crippen molar-refractivity contribution in [3.05, 3.63) is 88.8 Å². The molecule has 3 aliphatic rings. The molecule has 56 heavy (non-hydrogen) atoms. The highest BCUT2D eigenvalue weighted by atomic mass is 32.1. The van der Waals surface area contributed by atoms with Crippen LogP contribution >= 0.6 is 11.3 Å². The number of nitrogens with one attached hydrogen (secondary N) is 1. The number of hydrogen-bond donors (Lipinski definition) is 1. The van der Waals surface area contributed by atoms with Crippen LogP contribution in [-0.2, 0) is 33.9 Å². The van der Waals surface area contributed by atoms with E-state index in [1.807, 2.05) is 81.9 Å². The van der Waals surface area contributed by atoms with Gasteiger partial charge in [0.15, 0.2) is 0 Å². The van der Waals surface area contributed by atoms with Crippen molar-refractivity contribution in [1.82, 2.24) is 35.1 Å². The van der Waals surface area contributed by atoms with Crippen molar-refractivity contribution in [3.8, 4) is 10.4 Å². The van der Waals surface area contributed by atoms with Crippen molar-refractivity contribution in [2.45, 2.75) is 104 Å². The molecule has 4 aromatic rings. The van der Waals surface area contributed by atoms with Gasteiger partial charge in [-0.05, 0) is 86.6 Å². The van der Waals surface area contributed by atoms with Gasteiger partial charge in [0.25, 0.3) is 5.92 Å². The van der Waals surface area contributed by atoms with Crippen LogP contribution in [0.5, 0.6) is 0 Å². The number of halogens is 2. The number of alkyl halides is 2. The zero-order valence-corrected chi connectivity index (χ0v) is 33.9. The summed E-state index contributed by atoms with van der Waals surface area (Å²) in [5, 5.41) is 12.0. The minimum atomic E-state index is -2.68. The van der Waals surface area contributed by atoms with Gasteiger partial charge in [0.05, 0.1) is 40.4 Å². The second kappa shape index (κ2) is 16.8. The Balaban J connectivity index is 0.888. The Morgan fingerprint density at radius 1 is 1.02 bits per heavy atom. The molecule has 13 heteroatoms. The summed E-state index contributed by atoms with van der Waals surface area (Å²) in [7, 11) is 0. The fourth-order valence-electron chi connectivity index (χ4n) is 8.46. The number of amides is 2. The number of benzene rings is 2. The fraction of sp³-hybridized carbons (Fsp3) is 0.558. The van der Waals surface area contributed by atoms with Crippen LogP contribution in [0.15, 0.2) is 66.3 Å². The summed E-state index contributed by atoms with van der Waals surface area (Å²) in [5.41, 5.74) is 5.19. The SMILES string of the molecule is Cc1ncsc1-c1ccc(CNC(=O)[C@@H]2CCCN2C(=O)[C@@H](n2cc(CCC3CCN(C[C@@]4(COCc5ccccc5)CC4(F)F)CC3)nn2)C(C)(C)C)cc1. The molecule has 2 amide bonds. The van der Waals surface area contributed by atoms with E-state index in [2.05, 4.69) is 37.6 Å². The van der Waals surface area contributed by atoms with Crippen molar-refractivity contribution < 1.29 is 23.1 Å². The lowest BCUT2D eigenvalue weighted by Gasteiger charge is -2.34. The van der Waals surface area contributed by atoms with Crippen LogP contribution in [0.4, 0.5) is 8.78 Å². The highest BCUT2D eigenvalue weighted by Gasteiger charge is 2.71. The number of aryl methyl sites for hydroxylation is 2. The molecule has 2 aromatic heterocycles. The number of nitrogens with zero attached hydrogens (tertiary/aromatic N) is 6. The lowest BCUT2D eigenvalue weighted by Crippen LogP contribution is -2.50. The lowest BCUT2D eigenvalue weighted by atomic mass is 9.85. The van der Waals surface area contributed by atoms with E-state index in [0.29, 0.717) is 38.6 Å². The number of likely N-dealkylation sites (tertiary alicyclic amines) is 2. The molecule has 7 rings (SSSR count). The highest BCUT2D eigenvalue weighted by molar-refractivity contribution is 7.13. The van der Waals surface area contributed by atoms with Gasteiger partial charge < -0.3 is 19.9 Å². The minimum absolute atomic E-state index is 0.0677. The summed E-state index contributed by atoms with van der Waals surface area (Å²) < 4.78 is 36.7. The molecule has 3 fully saturated rings. The number of rotatable bonds is 15. The molecule has 2 aromatic carbocycles. The van der Waals surface area contributed by atoms with E-state index in [4.69, 9.17) is 4.74 Å². The molecule has 1 N–H and O–H groups in total. The zero-order chi connectivity index (χ0) is 39.5. The molecule has 2 aliphatic heterocycles. The lowest BCUT2D eigenvalue weighted by molar-refractivity contribution is -0.144. The van der Waals surface area contributed by atoms with Crippen molar-refractivity contribution in [2.75, 3.05) is 32.8 Å². The maximum atomic E-state index is 14.6. The van der Waals surface area contributed by atoms with Gasteiger partial charge in [0.2, 0.25) is 11.8 Å². The highest BCUT2D eigenvalue weighted by Crippen LogP contribution is 2.61. The first-order valence-electron chi connectivity index (χ1n) is 20.0. The first-order chi connectivity index (χ1) is 26.8. The van der Waals surface area contributed by atoms with Crippen molar-refractivity contribution in [3.63, 3.8) is 0 Å². The molecular formula is C43H55F2N7O3S. The van der Waals surface area contributed by atoms with Crippen molar-refractivity contribution in [1.29, 1.82) is 0 Å². The van der Waals surface area contributed by atoms with E-state index in [-0.39, 0.29) is 24.8 Å². The van der Waals surface area contributed by atoms with Crippen LogP contribution in [0.3, 0.4) is 0 Å². The third-order valence-electron chi connectivity index (χ3n) is 11.9. The third kappa shape index (κ3) is 9.21. The van der Waals surface area contributed by atoms with Crippen molar-refractivity contribution in [2.24, 2.45) is 16.7 Å². The van der Waals surface area contributed by atoms with Crippen molar-refractivity contribution >= 4 is 23.2 Å². The van der Waals surface area contributed by atoms with Gasteiger partial charge in [-0.15, -0.1) is 16.4 Å². The number of carbonyl (C=O) groups excluding carboxylic acids is 2. The summed E-state index contributed by atoms with van der Waals surface area (Å²) >= 11 is 1.61. The van der Waals surface area contributed by atoms with E-state index in [0.717, 1.165) is 78.1 Å². The number of thiazole rings is 1. The molecule has 4 heterocycles. The topological polar surface area (TPSA) is 105 Å². The monoisotopic (exact) mass is 787 g/mol. The molecule has 0 spiro atoms. The summed E-state index contributed by atoms with van der Waals surface area (Å²) in [5.74, 6) is -2.48. The van der Waals surface area contributed by atoms with Gasteiger partial charge in [-0.3, -0.25) is 9.59 Å². The molecule has 1 saturated carbocycles. The maximum absolute atomic E-state index is 14.6. The van der Waals surface area contributed by atoms with Crippen LogP contribution in [0.1, 0.15) is 87.9 Å². The van der Waals surface area contributed by atoms with Crippen LogP contribution in [0.2, 0.25) is 0 Å². The van der Waals surface area contributed by atoms with Gasteiger partial charge in [0, 0.05) is 32.3 Å². The predicted molar refractivity (Wildman–Crippen MR) is 213 cm³/mol. The Kier molecular flexibility index (Phi) is 12.0. The number of piperidine rings is 1. The Morgan fingerprint density at radius 3 is 2.41 bits per heavy atom. The summed E-state index contributed by atoms with van der Waals surface area (Å²) in [4.78, 5) is 37.2. The van der Waals surface area contributed by atoms with Crippen LogP contribution in [0, 0.1) is 23.7 Å².